The molecule has 0 aromatic carbocycles. The fraction of sp³-hybridized carbons (Fsp3) is 1.00. The minimum Gasteiger partial charge on any atom is -0.317 e. The highest BCUT2D eigenvalue weighted by atomic mass is 28.3. The van der Waals surface area contributed by atoms with Crippen LogP contribution in [0.4, 0.5) is 0 Å². The van der Waals surface area contributed by atoms with Crippen LogP contribution in [0.15, 0.2) is 0 Å². The van der Waals surface area contributed by atoms with Crippen LogP contribution in [0.2, 0.25) is 19.1 Å². The average Bonchev–Trinajstić information content (AvgIpc) is 1.61. The highest BCUT2D eigenvalue weighted by Crippen LogP contribution is 1.85. The highest BCUT2D eigenvalue weighted by molar-refractivity contribution is 6.55. The molecule has 1 nitrogen and oxygen atoms in total. The van der Waals surface area contributed by atoms with E-state index in [1.807, 2.05) is 7.05 Å². The van der Waals surface area contributed by atoms with Gasteiger partial charge in [-0.2, -0.15) is 0 Å². The lowest BCUT2D eigenvalue weighted by molar-refractivity contribution is 0.855. The van der Waals surface area contributed by atoms with Crippen LogP contribution in [-0.4, -0.2) is 22.4 Å². The lowest BCUT2D eigenvalue weighted by atomic mass is 10.8. The van der Waals surface area contributed by atoms with Gasteiger partial charge in [0.05, 0.1) is 19.1 Å². The Morgan fingerprint density at radius 2 is 2.00 bits per heavy atom. The smallest absolute Gasteiger partial charge is 0.309 e. The first-order valence-electron chi connectivity index (χ1n) is 2.71. The molecule has 0 atom stereocenters. The zero-order chi connectivity index (χ0) is 5.70. The van der Waals surface area contributed by atoms with Crippen molar-refractivity contribution in [3.63, 3.8) is 0 Å². The van der Waals surface area contributed by atoms with Gasteiger partial charge in [0.2, 0.25) is 0 Å². The van der Waals surface area contributed by atoms with Crippen molar-refractivity contribution in [2.45, 2.75) is 19.1 Å². The summed E-state index contributed by atoms with van der Waals surface area (Å²) in [5.74, 6) is 0. The molecule has 7 heavy (non-hydrogen) atoms. The van der Waals surface area contributed by atoms with E-state index < -0.39 is 0 Å². The Kier molecular flexibility index (Phi) is 4.45. The van der Waals surface area contributed by atoms with Gasteiger partial charge in [-0.1, -0.05) is 0 Å². The van der Waals surface area contributed by atoms with Crippen LogP contribution >= 0.6 is 0 Å². The Morgan fingerprint density at radius 3 is 2.14 bits per heavy atom. The second kappa shape index (κ2) is 4.34. The van der Waals surface area contributed by atoms with Crippen LogP contribution in [0.5, 0.6) is 0 Å². The summed E-state index contributed by atoms with van der Waals surface area (Å²) in [5.41, 5.74) is 0. The molecule has 0 saturated heterocycles. The van der Waals surface area contributed by atoms with Gasteiger partial charge in [0.25, 0.3) is 0 Å². The zero-order valence-corrected chi connectivity index (χ0v) is 6.41. The second-order valence-electron chi connectivity index (χ2n) is 2.06. The third-order valence-electron chi connectivity index (χ3n) is 0.875. The van der Waals surface area contributed by atoms with E-state index >= 15 is 0 Å². The van der Waals surface area contributed by atoms with Gasteiger partial charge in [-0.25, -0.2) is 0 Å². The standard InChI is InChI=1S/C5H14NSi/c1-6-4-5-7(2)3/h6H,4-5H2,1-3H3/q+1. The molecular formula is C5H14NSi+. The molecule has 0 aliphatic rings. The van der Waals surface area contributed by atoms with Gasteiger partial charge in [0.15, 0.2) is 0 Å². The molecule has 0 heterocycles. The molecule has 0 radical (unpaired) electrons. The SMILES string of the molecule is CNCC[Si+](C)C. The van der Waals surface area contributed by atoms with E-state index in [1.54, 1.807) is 0 Å². The van der Waals surface area contributed by atoms with Crippen molar-refractivity contribution in [2.24, 2.45) is 0 Å². The summed E-state index contributed by atoms with van der Waals surface area (Å²) in [6, 6.07) is 1.39. The number of nitrogens with one attached hydrogen (secondary N) is 1. The molecule has 0 aromatic rings. The molecule has 0 aliphatic carbocycles. The van der Waals surface area contributed by atoms with Gasteiger partial charge in [-0.15, -0.1) is 0 Å². The maximum Gasteiger partial charge on any atom is 0.309 e. The number of rotatable bonds is 3. The normalized spacial score (nSPS) is 9.00. The maximum atomic E-state index is 3.12. The molecule has 0 unspecified atom stereocenters. The van der Waals surface area contributed by atoms with Gasteiger partial charge in [-0.05, 0) is 7.05 Å². The summed E-state index contributed by atoms with van der Waals surface area (Å²) in [6.07, 6.45) is 0. The molecular weight excluding hydrogens is 102 g/mol. The summed E-state index contributed by atoms with van der Waals surface area (Å²) in [5, 5.41) is 3.12. The highest BCUT2D eigenvalue weighted by Gasteiger charge is 2.07. The van der Waals surface area contributed by atoms with E-state index in [9.17, 15) is 0 Å². The fourth-order valence-electron chi connectivity index (χ4n) is 0.375. The lowest BCUT2D eigenvalue weighted by Crippen LogP contribution is -2.13. The average molecular weight is 116 g/mol. The molecule has 0 bridgehead atoms. The van der Waals surface area contributed by atoms with Crippen molar-refractivity contribution in [2.75, 3.05) is 13.6 Å². The molecule has 0 fully saturated rings. The Morgan fingerprint density at radius 1 is 1.43 bits per heavy atom. The van der Waals surface area contributed by atoms with Crippen molar-refractivity contribution in [1.29, 1.82) is 0 Å². The molecule has 2 heteroatoms. The predicted octanol–water partition coefficient (Wildman–Crippen LogP) is 0.960. The van der Waals surface area contributed by atoms with Gasteiger partial charge >= 0.3 is 8.80 Å². The van der Waals surface area contributed by atoms with E-state index in [0.717, 1.165) is 0 Å². The van der Waals surface area contributed by atoms with Crippen LogP contribution in [0.1, 0.15) is 0 Å². The first kappa shape index (κ1) is 7.18. The quantitative estimate of drug-likeness (QED) is 0.542. The van der Waals surface area contributed by atoms with E-state index in [1.165, 1.54) is 12.6 Å². The Balaban J connectivity index is 2.68. The van der Waals surface area contributed by atoms with Crippen molar-refractivity contribution in [3.05, 3.63) is 0 Å². The van der Waals surface area contributed by atoms with Crippen molar-refractivity contribution >= 4 is 8.80 Å². The van der Waals surface area contributed by atoms with E-state index in [-0.39, 0.29) is 8.80 Å². The van der Waals surface area contributed by atoms with E-state index in [2.05, 4.69) is 18.4 Å². The summed E-state index contributed by atoms with van der Waals surface area (Å²) in [4.78, 5) is 0. The van der Waals surface area contributed by atoms with Crippen LogP contribution in [0.3, 0.4) is 0 Å². The van der Waals surface area contributed by atoms with Gasteiger partial charge in [0, 0.05) is 6.54 Å². The first-order chi connectivity index (χ1) is 3.27. The second-order valence-corrected chi connectivity index (χ2v) is 4.97. The third-order valence-corrected chi connectivity index (χ3v) is 2.12. The van der Waals surface area contributed by atoms with Crippen LogP contribution in [0, 0.1) is 0 Å². The molecule has 0 aliphatic heterocycles. The van der Waals surface area contributed by atoms with Crippen LogP contribution in [-0.2, 0) is 0 Å². The van der Waals surface area contributed by atoms with E-state index in [0.29, 0.717) is 0 Å². The molecule has 0 rings (SSSR count). The summed E-state index contributed by atoms with van der Waals surface area (Å²) in [6.45, 7) is 5.87. The van der Waals surface area contributed by atoms with Crippen molar-refractivity contribution in [1.82, 2.24) is 5.32 Å². The minimum absolute atomic E-state index is 0.0402. The predicted molar refractivity (Wildman–Crippen MR) is 36.2 cm³/mol. The Labute approximate surface area is 47.7 Å². The minimum atomic E-state index is 0.0402. The zero-order valence-electron chi connectivity index (χ0n) is 5.41. The maximum absolute atomic E-state index is 3.12. The molecule has 42 valence electrons. The summed E-state index contributed by atoms with van der Waals surface area (Å²) >= 11 is 0. The van der Waals surface area contributed by atoms with Gasteiger partial charge in [-0.3, -0.25) is 0 Å². The van der Waals surface area contributed by atoms with Crippen molar-refractivity contribution < 1.29 is 0 Å². The molecule has 0 aromatic heterocycles. The molecule has 1 N–H and O–H groups in total. The largest absolute Gasteiger partial charge is 0.317 e. The first-order valence-corrected chi connectivity index (χ1v) is 5.41. The molecule has 0 saturated carbocycles. The Hall–Kier alpha value is 0.177. The Bertz CT molecular complexity index is 37.1. The summed E-state index contributed by atoms with van der Waals surface area (Å²) < 4.78 is 0. The lowest BCUT2D eigenvalue weighted by Gasteiger charge is -1.88. The van der Waals surface area contributed by atoms with Gasteiger partial charge < -0.3 is 5.32 Å². The monoisotopic (exact) mass is 116 g/mol. The van der Waals surface area contributed by atoms with E-state index in [4.69, 9.17) is 0 Å². The summed E-state index contributed by atoms with van der Waals surface area (Å²) in [7, 11) is 2.05. The molecule has 0 spiro atoms. The van der Waals surface area contributed by atoms with Crippen LogP contribution < -0.4 is 5.32 Å². The molecule has 0 amide bonds. The number of hydrogen-bond acceptors (Lipinski definition) is 1. The van der Waals surface area contributed by atoms with Crippen LogP contribution in [0.25, 0.3) is 0 Å². The van der Waals surface area contributed by atoms with Gasteiger partial charge in [0.1, 0.15) is 0 Å². The number of hydrogen-bond donors (Lipinski definition) is 1. The third kappa shape index (κ3) is 6.18. The van der Waals surface area contributed by atoms with Crippen molar-refractivity contribution in [3.8, 4) is 0 Å². The fourth-order valence-corrected chi connectivity index (χ4v) is 1.12. The topological polar surface area (TPSA) is 12.0 Å².